The lowest BCUT2D eigenvalue weighted by Gasteiger charge is -1.95. The van der Waals surface area contributed by atoms with E-state index in [4.69, 9.17) is 4.84 Å². The third-order valence-electron chi connectivity index (χ3n) is 1.39. The molecule has 3 heteroatoms. The molecule has 0 saturated carbocycles. The van der Waals surface area contributed by atoms with Crippen LogP contribution in [0.4, 0.5) is 0 Å². The summed E-state index contributed by atoms with van der Waals surface area (Å²) in [6.07, 6.45) is 0. The molecule has 62 valence electrons. The third kappa shape index (κ3) is 3.37. The Labute approximate surface area is 72.7 Å². The highest BCUT2D eigenvalue weighted by molar-refractivity contribution is 5.20. The highest BCUT2D eigenvalue weighted by Gasteiger charge is 1.90. The molecule has 0 aliphatic heterocycles. The van der Waals surface area contributed by atoms with Gasteiger partial charge in [0, 0.05) is 0 Å². The molecular formula is C8H12ClNO. The zero-order chi connectivity index (χ0) is 7.40. The van der Waals surface area contributed by atoms with E-state index in [2.05, 4.69) is 25.0 Å². The minimum Gasteiger partial charge on any atom is -1.00 e. The molecule has 0 heterocycles. The summed E-state index contributed by atoms with van der Waals surface area (Å²) in [4.78, 5) is 4.72. The van der Waals surface area contributed by atoms with Gasteiger partial charge in [-0.05, 0) is 12.5 Å². The van der Waals surface area contributed by atoms with Gasteiger partial charge in [-0.25, -0.2) is 10.7 Å². The number of rotatable bonds is 2. The van der Waals surface area contributed by atoms with Crippen LogP contribution >= 0.6 is 0 Å². The quantitative estimate of drug-likeness (QED) is 0.501. The van der Waals surface area contributed by atoms with Gasteiger partial charge in [-0.15, -0.1) is 0 Å². The van der Waals surface area contributed by atoms with E-state index in [1.807, 2.05) is 12.1 Å². The van der Waals surface area contributed by atoms with Crippen molar-refractivity contribution in [1.29, 1.82) is 0 Å². The number of benzene rings is 1. The Morgan fingerprint density at radius 3 is 2.27 bits per heavy atom. The fourth-order valence-electron chi connectivity index (χ4n) is 0.802. The van der Waals surface area contributed by atoms with E-state index in [9.17, 15) is 0 Å². The van der Waals surface area contributed by atoms with Crippen molar-refractivity contribution in [1.82, 2.24) is 0 Å². The van der Waals surface area contributed by atoms with Gasteiger partial charge in [0.25, 0.3) is 0 Å². The Morgan fingerprint density at radius 2 is 1.82 bits per heavy atom. The van der Waals surface area contributed by atoms with Gasteiger partial charge in [0.1, 0.15) is 6.61 Å². The first kappa shape index (κ1) is 10.4. The summed E-state index contributed by atoms with van der Waals surface area (Å²) in [7, 11) is 0. The summed E-state index contributed by atoms with van der Waals surface area (Å²) in [5, 5.41) is 0. The second kappa shape index (κ2) is 5.13. The minimum atomic E-state index is 0. The topological polar surface area (TPSA) is 36.9 Å². The summed E-state index contributed by atoms with van der Waals surface area (Å²) in [5.41, 5.74) is 2.44. The van der Waals surface area contributed by atoms with Crippen LogP contribution in [0, 0.1) is 6.92 Å². The number of quaternary nitrogens is 1. The molecule has 0 spiro atoms. The highest BCUT2D eigenvalue weighted by Crippen LogP contribution is 2.02. The van der Waals surface area contributed by atoms with Crippen molar-refractivity contribution in [2.75, 3.05) is 0 Å². The van der Waals surface area contributed by atoms with Crippen molar-refractivity contribution < 1.29 is 23.1 Å². The predicted octanol–water partition coefficient (Wildman–Crippen LogP) is -2.33. The lowest BCUT2D eigenvalue weighted by Crippen LogP contribution is -3.00. The first-order chi connectivity index (χ1) is 4.83. The summed E-state index contributed by atoms with van der Waals surface area (Å²) in [5.74, 6) is 3.30. The molecule has 11 heavy (non-hydrogen) atoms. The van der Waals surface area contributed by atoms with Gasteiger partial charge in [-0.1, -0.05) is 29.8 Å². The Morgan fingerprint density at radius 1 is 1.27 bits per heavy atom. The average molecular weight is 174 g/mol. The van der Waals surface area contributed by atoms with E-state index in [1.54, 1.807) is 0 Å². The van der Waals surface area contributed by atoms with Gasteiger partial charge in [-0.2, -0.15) is 0 Å². The molecule has 0 atom stereocenters. The molecule has 1 aromatic rings. The van der Waals surface area contributed by atoms with E-state index in [0.717, 1.165) is 0 Å². The Hall–Kier alpha value is -0.570. The van der Waals surface area contributed by atoms with Crippen molar-refractivity contribution >= 4 is 0 Å². The molecule has 0 aliphatic carbocycles. The van der Waals surface area contributed by atoms with Crippen LogP contribution in [0.3, 0.4) is 0 Å². The predicted molar refractivity (Wildman–Crippen MR) is 38.9 cm³/mol. The van der Waals surface area contributed by atoms with E-state index in [-0.39, 0.29) is 12.4 Å². The summed E-state index contributed by atoms with van der Waals surface area (Å²) < 4.78 is 0. The van der Waals surface area contributed by atoms with E-state index in [0.29, 0.717) is 6.61 Å². The van der Waals surface area contributed by atoms with Crippen molar-refractivity contribution in [2.45, 2.75) is 13.5 Å². The summed E-state index contributed by atoms with van der Waals surface area (Å²) >= 11 is 0. The standard InChI is InChI=1S/C8H12NO.ClH/c1-7-2-4-8(5-3-7)6-10-9;/h2-5H,6H2,1,9H3;1H/q+1;/p-1. The Balaban J connectivity index is 0.000001000. The van der Waals surface area contributed by atoms with Crippen LogP contribution in [0.15, 0.2) is 24.3 Å². The van der Waals surface area contributed by atoms with Crippen LogP contribution in [0.2, 0.25) is 0 Å². The van der Waals surface area contributed by atoms with Crippen LogP contribution in [-0.4, -0.2) is 0 Å². The van der Waals surface area contributed by atoms with E-state index < -0.39 is 0 Å². The van der Waals surface area contributed by atoms with Gasteiger partial charge in [0.05, 0.1) is 0 Å². The van der Waals surface area contributed by atoms with Crippen molar-refractivity contribution in [2.24, 2.45) is 0 Å². The van der Waals surface area contributed by atoms with Crippen LogP contribution in [0.5, 0.6) is 0 Å². The largest absolute Gasteiger partial charge is 1.00 e. The van der Waals surface area contributed by atoms with Crippen molar-refractivity contribution in [3.8, 4) is 0 Å². The number of aryl methyl sites for hydroxylation is 1. The molecular weight excluding hydrogens is 162 g/mol. The van der Waals surface area contributed by atoms with E-state index in [1.165, 1.54) is 11.1 Å². The molecule has 1 aromatic carbocycles. The zero-order valence-electron chi connectivity index (χ0n) is 6.51. The maximum atomic E-state index is 4.72. The lowest BCUT2D eigenvalue weighted by molar-refractivity contribution is -0.695. The van der Waals surface area contributed by atoms with Crippen LogP contribution in [0.1, 0.15) is 11.1 Å². The zero-order valence-corrected chi connectivity index (χ0v) is 7.27. The number of hydrogen-bond acceptors (Lipinski definition) is 1. The Bertz CT molecular complexity index is 198. The first-order valence-electron chi connectivity index (χ1n) is 3.25. The van der Waals surface area contributed by atoms with Crippen molar-refractivity contribution in [3.63, 3.8) is 0 Å². The fraction of sp³-hybridized carbons (Fsp3) is 0.250. The van der Waals surface area contributed by atoms with Gasteiger partial charge >= 0.3 is 0 Å². The number of halogens is 1. The molecule has 3 N–H and O–H groups in total. The molecule has 0 saturated heterocycles. The molecule has 0 bridgehead atoms. The van der Waals surface area contributed by atoms with Gasteiger partial charge in [0.2, 0.25) is 0 Å². The molecule has 0 fully saturated rings. The molecule has 2 nitrogen and oxygen atoms in total. The summed E-state index contributed by atoms with van der Waals surface area (Å²) in [6.45, 7) is 2.66. The molecule has 0 amide bonds. The third-order valence-corrected chi connectivity index (χ3v) is 1.39. The SMILES string of the molecule is Cc1ccc(CO[NH3+])cc1.[Cl-]. The second-order valence-electron chi connectivity index (χ2n) is 2.33. The smallest absolute Gasteiger partial charge is 0.131 e. The summed E-state index contributed by atoms with van der Waals surface area (Å²) in [6, 6.07) is 8.21. The molecule has 0 radical (unpaired) electrons. The highest BCUT2D eigenvalue weighted by atomic mass is 35.5. The second-order valence-corrected chi connectivity index (χ2v) is 2.33. The maximum Gasteiger partial charge on any atom is 0.131 e. The molecule has 0 unspecified atom stereocenters. The van der Waals surface area contributed by atoms with Crippen molar-refractivity contribution in [3.05, 3.63) is 35.4 Å². The van der Waals surface area contributed by atoms with Gasteiger partial charge in [0.15, 0.2) is 0 Å². The first-order valence-corrected chi connectivity index (χ1v) is 3.25. The van der Waals surface area contributed by atoms with Crippen LogP contribution < -0.4 is 18.3 Å². The normalized spacial score (nSPS) is 8.91. The van der Waals surface area contributed by atoms with Crippen LogP contribution in [-0.2, 0) is 11.4 Å². The molecule has 1 rings (SSSR count). The lowest BCUT2D eigenvalue weighted by atomic mass is 10.2. The molecule has 0 aliphatic rings. The van der Waals surface area contributed by atoms with Gasteiger partial charge in [-0.3, -0.25) is 0 Å². The Kier molecular flexibility index (Phi) is 4.86. The molecule has 0 aromatic heterocycles. The van der Waals surface area contributed by atoms with Crippen LogP contribution in [0.25, 0.3) is 0 Å². The monoisotopic (exact) mass is 173 g/mol. The van der Waals surface area contributed by atoms with Gasteiger partial charge < -0.3 is 12.4 Å². The van der Waals surface area contributed by atoms with E-state index >= 15 is 0 Å². The minimum absolute atomic E-state index is 0. The maximum absolute atomic E-state index is 4.72. The number of hydrogen-bond donors (Lipinski definition) is 1. The average Bonchev–Trinajstić information content (AvgIpc) is 1.95. The fourth-order valence-corrected chi connectivity index (χ4v) is 0.802.